The van der Waals surface area contributed by atoms with Gasteiger partial charge in [0.25, 0.3) is 11.8 Å². The molecule has 144 valence electrons. The van der Waals surface area contributed by atoms with Gasteiger partial charge in [0.2, 0.25) is 5.82 Å². The Morgan fingerprint density at radius 1 is 1.07 bits per heavy atom. The molecule has 1 heterocycles. The summed E-state index contributed by atoms with van der Waals surface area (Å²) in [7, 11) is 0. The molecule has 1 atom stereocenters. The summed E-state index contributed by atoms with van der Waals surface area (Å²) in [5, 5.41) is 11.6. The summed E-state index contributed by atoms with van der Waals surface area (Å²) in [4.78, 5) is 26.3. The number of amides is 2. The monoisotopic (exact) mass is 396 g/mol. The van der Waals surface area contributed by atoms with Gasteiger partial charge in [-0.25, -0.2) is 0 Å². The van der Waals surface area contributed by atoms with Crippen molar-refractivity contribution < 1.29 is 9.59 Å². The molecule has 0 aliphatic rings. The highest BCUT2D eigenvalue weighted by Crippen LogP contribution is 2.23. The van der Waals surface area contributed by atoms with Gasteiger partial charge in [-0.2, -0.15) is 4.80 Å². The van der Waals surface area contributed by atoms with Crippen molar-refractivity contribution in [3.05, 3.63) is 60.2 Å². The normalized spacial score (nSPS) is 11.6. The molecule has 0 fully saturated rings. The SMILES string of the molecule is Cc1ccc(S[C@@H](C)C(=O)NNC(=O)Cn2nnc(-c3ccccc3)n2)cc1. The predicted octanol–water partition coefficient (Wildman–Crippen LogP) is 1.98. The lowest BCUT2D eigenvalue weighted by atomic mass is 10.2. The first-order valence-electron chi connectivity index (χ1n) is 8.66. The minimum Gasteiger partial charge on any atom is -0.272 e. The van der Waals surface area contributed by atoms with Crippen LogP contribution in [0.25, 0.3) is 11.4 Å². The maximum atomic E-state index is 12.2. The average Bonchev–Trinajstić information content (AvgIpc) is 3.17. The molecule has 0 aliphatic carbocycles. The van der Waals surface area contributed by atoms with E-state index in [4.69, 9.17) is 0 Å². The number of aryl methyl sites for hydroxylation is 1. The van der Waals surface area contributed by atoms with Gasteiger partial charge < -0.3 is 0 Å². The summed E-state index contributed by atoms with van der Waals surface area (Å²) < 4.78 is 0. The molecule has 0 unspecified atom stereocenters. The fourth-order valence-corrected chi connectivity index (χ4v) is 3.16. The van der Waals surface area contributed by atoms with Crippen LogP contribution in [0.5, 0.6) is 0 Å². The molecule has 3 aromatic rings. The Labute approximate surface area is 166 Å². The van der Waals surface area contributed by atoms with Crippen LogP contribution in [0.1, 0.15) is 12.5 Å². The van der Waals surface area contributed by atoms with Crippen LogP contribution in [0.4, 0.5) is 0 Å². The fraction of sp³-hybridized carbons (Fsp3) is 0.211. The number of rotatable bonds is 6. The Hall–Kier alpha value is -3.20. The molecule has 2 amide bonds. The van der Waals surface area contributed by atoms with Crippen LogP contribution in [-0.2, 0) is 16.1 Å². The van der Waals surface area contributed by atoms with Gasteiger partial charge in [0, 0.05) is 10.5 Å². The zero-order valence-corrected chi connectivity index (χ0v) is 16.3. The number of benzene rings is 2. The number of tetrazole rings is 1. The fourth-order valence-electron chi connectivity index (χ4n) is 2.29. The number of nitrogens with zero attached hydrogens (tertiary/aromatic N) is 4. The third-order valence-corrected chi connectivity index (χ3v) is 4.91. The Bertz CT molecular complexity index is 943. The summed E-state index contributed by atoms with van der Waals surface area (Å²) in [5.41, 5.74) is 6.77. The lowest BCUT2D eigenvalue weighted by Crippen LogP contribution is -2.46. The van der Waals surface area contributed by atoms with E-state index < -0.39 is 5.91 Å². The van der Waals surface area contributed by atoms with E-state index in [2.05, 4.69) is 26.3 Å². The number of carbonyl (C=O) groups excluding carboxylic acids is 2. The lowest BCUT2D eigenvalue weighted by Gasteiger charge is -2.12. The number of hydrazine groups is 1. The second-order valence-corrected chi connectivity index (χ2v) is 7.53. The number of thioether (sulfide) groups is 1. The van der Waals surface area contributed by atoms with E-state index in [1.807, 2.05) is 61.5 Å². The van der Waals surface area contributed by atoms with Crippen LogP contribution in [0.2, 0.25) is 0 Å². The highest BCUT2D eigenvalue weighted by molar-refractivity contribution is 8.00. The van der Waals surface area contributed by atoms with Gasteiger partial charge in [0.1, 0.15) is 6.54 Å². The van der Waals surface area contributed by atoms with Crippen LogP contribution in [0.3, 0.4) is 0 Å². The maximum absolute atomic E-state index is 12.2. The van der Waals surface area contributed by atoms with E-state index >= 15 is 0 Å². The van der Waals surface area contributed by atoms with Crippen LogP contribution in [0, 0.1) is 6.92 Å². The maximum Gasteiger partial charge on any atom is 0.262 e. The van der Waals surface area contributed by atoms with E-state index in [9.17, 15) is 9.59 Å². The minimum atomic E-state index is -0.446. The van der Waals surface area contributed by atoms with Crippen molar-refractivity contribution in [1.29, 1.82) is 0 Å². The molecule has 28 heavy (non-hydrogen) atoms. The number of hydrogen-bond donors (Lipinski definition) is 2. The molecule has 0 radical (unpaired) electrons. The van der Waals surface area contributed by atoms with Crippen LogP contribution in [0.15, 0.2) is 59.5 Å². The van der Waals surface area contributed by atoms with Gasteiger partial charge in [-0.05, 0) is 31.2 Å². The summed E-state index contributed by atoms with van der Waals surface area (Å²) in [6.45, 7) is 3.63. The molecule has 9 heteroatoms. The van der Waals surface area contributed by atoms with Crippen molar-refractivity contribution in [2.24, 2.45) is 0 Å². The first-order chi connectivity index (χ1) is 13.5. The number of nitrogens with one attached hydrogen (secondary N) is 2. The smallest absolute Gasteiger partial charge is 0.262 e. The highest BCUT2D eigenvalue weighted by atomic mass is 32.2. The lowest BCUT2D eigenvalue weighted by molar-refractivity contribution is -0.129. The Morgan fingerprint density at radius 2 is 1.79 bits per heavy atom. The van der Waals surface area contributed by atoms with Crippen molar-refractivity contribution in [2.45, 2.75) is 30.5 Å². The zero-order chi connectivity index (χ0) is 19.9. The van der Waals surface area contributed by atoms with Gasteiger partial charge in [0.05, 0.1) is 5.25 Å². The van der Waals surface area contributed by atoms with E-state index in [0.717, 1.165) is 16.0 Å². The summed E-state index contributed by atoms with van der Waals surface area (Å²) in [6.07, 6.45) is 0. The molecule has 2 N–H and O–H groups in total. The van der Waals surface area contributed by atoms with E-state index in [0.29, 0.717) is 5.82 Å². The summed E-state index contributed by atoms with van der Waals surface area (Å²) in [5.74, 6) is -0.311. The molecule has 0 spiro atoms. The van der Waals surface area contributed by atoms with Gasteiger partial charge in [-0.15, -0.1) is 22.0 Å². The number of aromatic nitrogens is 4. The van der Waals surface area contributed by atoms with E-state index in [1.165, 1.54) is 16.6 Å². The van der Waals surface area contributed by atoms with Crippen molar-refractivity contribution in [3.8, 4) is 11.4 Å². The standard InChI is InChI=1S/C19H20N6O2S/c1-13-8-10-16(11-9-13)28-14(2)19(27)22-20-17(26)12-25-23-18(21-24-25)15-6-4-3-5-7-15/h3-11,14H,12H2,1-2H3,(H,20,26)(H,22,27)/t14-/m0/s1. The number of hydrogen-bond acceptors (Lipinski definition) is 6. The highest BCUT2D eigenvalue weighted by Gasteiger charge is 2.16. The molecule has 1 aromatic heterocycles. The number of carbonyl (C=O) groups is 2. The third-order valence-electron chi connectivity index (χ3n) is 3.80. The Balaban J connectivity index is 1.46. The minimum absolute atomic E-state index is 0.153. The third kappa shape index (κ3) is 5.40. The summed E-state index contributed by atoms with van der Waals surface area (Å²) in [6, 6.07) is 17.2. The molecule has 3 rings (SSSR count). The molecule has 0 bridgehead atoms. The quantitative estimate of drug-likeness (QED) is 0.488. The Kier molecular flexibility index (Phi) is 6.38. The van der Waals surface area contributed by atoms with Crippen molar-refractivity contribution in [3.63, 3.8) is 0 Å². The first-order valence-corrected chi connectivity index (χ1v) is 9.54. The van der Waals surface area contributed by atoms with Gasteiger partial charge in [0.15, 0.2) is 0 Å². The van der Waals surface area contributed by atoms with E-state index in [1.54, 1.807) is 6.92 Å². The van der Waals surface area contributed by atoms with Crippen molar-refractivity contribution >= 4 is 23.6 Å². The van der Waals surface area contributed by atoms with Gasteiger partial charge in [-0.3, -0.25) is 20.4 Å². The second-order valence-electron chi connectivity index (χ2n) is 6.12. The molecular formula is C19H20N6O2S. The largest absolute Gasteiger partial charge is 0.272 e. The zero-order valence-electron chi connectivity index (χ0n) is 15.5. The molecule has 0 saturated carbocycles. The van der Waals surface area contributed by atoms with Crippen molar-refractivity contribution in [1.82, 2.24) is 31.1 Å². The topological polar surface area (TPSA) is 102 Å². The molecular weight excluding hydrogens is 376 g/mol. The summed E-state index contributed by atoms with van der Waals surface area (Å²) >= 11 is 1.41. The van der Waals surface area contributed by atoms with Gasteiger partial charge >= 0.3 is 0 Å². The van der Waals surface area contributed by atoms with Crippen molar-refractivity contribution in [2.75, 3.05) is 0 Å². The van der Waals surface area contributed by atoms with Crippen LogP contribution >= 0.6 is 11.8 Å². The van der Waals surface area contributed by atoms with Crippen LogP contribution < -0.4 is 10.9 Å². The van der Waals surface area contributed by atoms with Crippen LogP contribution in [-0.4, -0.2) is 37.3 Å². The Morgan fingerprint density at radius 3 is 2.50 bits per heavy atom. The predicted molar refractivity (Wildman–Crippen MR) is 106 cm³/mol. The molecule has 8 nitrogen and oxygen atoms in total. The van der Waals surface area contributed by atoms with Gasteiger partial charge in [-0.1, -0.05) is 48.0 Å². The molecule has 0 aliphatic heterocycles. The average molecular weight is 396 g/mol. The van der Waals surface area contributed by atoms with E-state index in [-0.39, 0.29) is 17.7 Å². The molecule has 2 aromatic carbocycles. The first kappa shape index (κ1) is 19.6. The molecule has 0 saturated heterocycles. The second kappa shape index (κ2) is 9.14.